The molecule has 0 atom stereocenters. The first kappa shape index (κ1) is 14.2. The van der Waals surface area contributed by atoms with Crippen LogP contribution in [0.5, 0.6) is 0 Å². The Morgan fingerprint density at radius 1 is 1.39 bits per heavy atom. The molecule has 0 aliphatic carbocycles. The average Bonchev–Trinajstić information content (AvgIpc) is 2.67. The van der Waals surface area contributed by atoms with Crippen LogP contribution in [0, 0.1) is 0 Å². The third kappa shape index (κ3) is 3.09. The van der Waals surface area contributed by atoms with Crippen LogP contribution in [0.15, 0.2) is 24.4 Å². The summed E-state index contributed by atoms with van der Waals surface area (Å²) in [6, 6.07) is 1.64. The van der Waals surface area contributed by atoms with Crippen LogP contribution >= 0.6 is 0 Å². The summed E-state index contributed by atoms with van der Waals surface area (Å²) in [5.41, 5.74) is 2.03. The smallest absolute Gasteiger partial charge is 0.270 e. The van der Waals surface area contributed by atoms with Crippen LogP contribution in [-0.4, -0.2) is 34.2 Å². The van der Waals surface area contributed by atoms with Crippen molar-refractivity contribution in [2.75, 3.05) is 13.1 Å². The highest BCUT2D eigenvalue weighted by Gasteiger charge is 2.18. The van der Waals surface area contributed by atoms with Gasteiger partial charge in [-0.2, -0.15) is 0 Å². The number of nitrogens with zero attached hydrogens (tertiary/aromatic N) is 2. The predicted octanol–water partition coefficient (Wildman–Crippen LogP) is 2.27. The Morgan fingerprint density at radius 3 is 2.39 bits per heavy atom. The molecule has 4 heteroatoms. The minimum absolute atomic E-state index is 0.0346. The van der Waals surface area contributed by atoms with Crippen LogP contribution in [0.4, 0.5) is 0 Å². The Labute approximate surface area is 108 Å². The van der Waals surface area contributed by atoms with E-state index in [9.17, 15) is 9.59 Å². The van der Waals surface area contributed by atoms with E-state index in [0.29, 0.717) is 24.3 Å². The topological polar surface area (TPSA) is 42.3 Å². The van der Waals surface area contributed by atoms with Crippen molar-refractivity contribution in [2.45, 2.75) is 20.8 Å². The molecular formula is C14H20N2O2. The Bertz CT molecular complexity index is 486. The first-order chi connectivity index (χ1) is 8.36. The maximum absolute atomic E-state index is 12.3. The monoisotopic (exact) mass is 248 g/mol. The van der Waals surface area contributed by atoms with E-state index in [-0.39, 0.29) is 11.7 Å². The molecule has 0 N–H and O–H groups in total. The standard InChI is InChI=1S/C14H20N2O2/c1-6-16(8-10(2)3)14(18)13-7-12(11(4)17)9-15(13)5/h7,9H,2,6,8H2,1,3-5H3. The number of Topliss-reactive ketones (excluding diaryl/α,β-unsaturated/α-hetero) is 1. The summed E-state index contributed by atoms with van der Waals surface area (Å²) in [5, 5.41) is 0. The molecule has 18 heavy (non-hydrogen) atoms. The minimum atomic E-state index is -0.0736. The number of carbonyl (C=O) groups excluding carboxylic acids is 2. The summed E-state index contributed by atoms with van der Waals surface area (Å²) in [7, 11) is 1.77. The van der Waals surface area contributed by atoms with Gasteiger partial charge in [0.25, 0.3) is 5.91 Å². The number of hydrogen-bond donors (Lipinski definition) is 0. The lowest BCUT2D eigenvalue weighted by atomic mass is 10.2. The van der Waals surface area contributed by atoms with Gasteiger partial charge in [-0.3, -0.25) is 9.59 Å². The van der Waals surface area contributed by atoms with Crippen LogP contribution in [0.1, 0.15) is 41.6 Å². The van der Waals surface area contributed by atoms with Crippen molar-refractivity contribution in [1.29, 1.82) is 0 Å². The highest BCUT2D eigenvalue weighted by Crippen LogP contribution is 2.12. The van der Waals surface area contributed by atoms with Crippen LogP contribution in [0.3, 0.4) is 0 Å². The average molecular weight is 248 g/mol. The van der Waals surface area contributed by atoms with Gasteiger partial charge in [-0.1, -0.05) is 12.2 Å². The predicted molar refractivity (Wildman–Crippen MR) is 71.8 cm³/mol. The fourth-order valence-electron chi connectivity index (χ4n) is 1.78. The number of carbonyl (C=O) groups is 2. The van der Waals surface area contributed by atoms with Gasteiger partial charge >= 0.3 is 0 Å². The SMILES string of the molecule is C=C(C)CN(CC)C(=O)c1cc(C(C)=O)cn1C. The zero-order chi connectivity index (χ0) is 13.9. The highest BCUT2D eigenvalue weighted by atomic mass is 16.2. The Hall–Kier alpha value is -1.84. The Balaban J connectivity index is 3.01. The van der Waals surface area contributed by atoms with Crippen molar-refractivity contribution in [1.82, 2.24) is 9.47 Å². The molecule has 0 aromatic carbocycles. The van der Waals surface area contributed by atoms with Crippen LogP contribution in [0.25, 0.3) is 0 Å². The molecule has 0 aliphatic rings. The van der Waals surface area contributed by atoms with Crippen molar-refractivity contribution in [3.8, 4) is 0 Å². The van der Waals surface area contributed by atoms with Gasteiger partial charge in [0.1, 0.15) is 5.69 Å². The molecule has 1 amide bonds. The largest absolute Gasteiger partial charge is 0.346 e. The number of amides is 1. The molecule has 1 rings (SSSR count). The van der Waals surface area contributed by atoms with Crippen LogP contribution in [-0.2, 0) is 7.05 Å². The van der Waals surface area contributed by atoms with Gasteiger partial charge in [-0.05, 0) is 26.8 Å². The summed E-state index contributed by atoms with van der Waals surface area (Å²) in [4.78, 5) is 25.3. The number of aromatic nitrogens is 1. The number of likely N-dealkylation sites (N-methyl/N-ethyl adjacent to an activating group) is 1. The van der Waals surface area contributed by atoms with E-state index in [1.807, 2.05) is 13.8 Å². The summed E-state index contributed by atoms with van der Waals surface area (Å²) >= 11 is 0. The van der Waals surface area contributed by atoms with E-state index in [0.717, 1.165) is 5.57 Å². The van der Waals surface area contributed by atoms with E-state index in [4.69, 9.17) is 0 Å². The van der Waals surface area contributed by atoms with Gasteiger partial charge in [-0.25, -0.2) is 0 Å². The Kier molecular flexibility index (Phi) is 4.48. The van der Waals surface area contributed by atoms with E-state index in [2.05, 4.69) is 6.58 Å². The normalized spacial score (nSPS) is 10.2. The minimum Gasteiger partial charge on any atom is -0.346 e. The summed E-state index contributed by atoms with van der Waals surface area (Å²) in [6.45, 7) is 10.3. The van der Waals surface area contributed by atoms with E-state index in [1.165, 1.54) is 6.92 Å². The number of aryl methyl sites for hydroxylation is 1. The lowest BCUT2D eigenvalue weighted by Crippen LogP contribution is -2.33. The van der Waals surface area contributed by atoms with E-state index in [1.54, 1.807) is 28.8 Å². The first-order valence-electron chi connectivity index (χ1n) is 5.97. The zero-order valence-electron chi connectivity index (χ0n) is 11.5. The second-order valence-corrected chi connectivity index (χ2v) is 4.56. The molecule has 0 aliphatic heterocycles. The lowest BCUT2D eigenvalue weighted by molar-refractivity contribution is 0.0769. The molecule has 0 fully saturated rings. The second-order valence-electron chi connectivity index (χ2n) is 4.56. The van der Waals surface area contributed by atoms with Gasteiger partial charge in [0, 0.05) is 31.9 Å². The fraction of sp³-hybridized carbons (Fsp3) is 0.429. The van der Waals surface area contributed by atoms with Gasteiger partial charge in [-0.15, -0.1) is 0 Å². The molecule has 0 bridgehead atoms. The molecule has 0 saturated carbocycles. The first-order valence-corrected chi connectivity index (χ1v) is 5.97. The summed E-state index contributed by atoms with van der Waals surface area (Å²) in [5.74, 6) is -0.108. The molecule has 1 aromatic heterocycles. The summed E-state index contributed by atoms with van der Waals surface area (Å²) < 4.78 is 1.69. The second kappa shape index (κ2) is 5.67. The molecule has 0 saturated heterocycles. The Morgan fingerprint density at radius 2 is 2.00 bits per heavy atom. The van der Waals surface area contributed by atoms with Gasteiger partial charge in [0.15, 0.2) is 5.78 Å². The molecule has 4 nitrogen and oxygen atoms in total. The van der Waals surface area contributed by atoms with Crippen molar-refractivity contribution < 1.29 is 9.59 Å². The van der Waals surface area contributed by atoms with Crippen LogP contribution in [0.2, 0.25) is 0 Å². The maximum Gasteiger partial charge on any atom is 0.270 e. The van der Waals surface area contributed by atoms with Crippen molar-refractivity contribution in [3.05, 3.63) is 35.7 Å². The van der Waals surface area contributed by atoms with Crippen molar-refractivity contribution >= 4 is 11.7 Å². The van der Waals surface area contributed by atoms with Crippen LogP contribution < -0.4 is 0 Å². The molecule has 1 heterocycles. The summed E-state index contributed by atoms with van der Waals surface area (Å²) in [6.07, 6.45) is 1.68. The third-order valence-electron chi connectivity index (χ3n) is 2.76. The number of hydrogen-bond acceptors (Lipinski definition) is 2. The molecule has 1 aromatic rings. The lowest BCUT2D eigenvalue weighted by Gasteiger charge is -2.21. The highest BCUT2D eigenvalue weighted by molar-refractivity contribution is 5.99. The van der Waals surface area contributed by atoms with Gasteiger partial charge in [0.2, 0.25) is 0 Å². The van der Waals surface area contributed by atoms with Gasteiger partial charge < -0.3 is 9.47 Å². The van der Waals surface area contributed by atoms with Gasteiger partial charge in [0.05, 0.1) is 0 Å². The fourth-order valence-corrected chi connectivity index (χ4v) is 1.78. The molecular weight excluding hydrogens is 228 g/mol. The number of rotatable bonds is 5. The molecule has 0 spiro atoms. The third-order valence-corrected chi connectivity index (χ3v) is 2.76. The van der Waals surface area contributed by atoms with E-state index >= 15 is 0 Å². The molecule has 98 valence electrons. The maximum atomic E-state index is 12.3. The molecule has 0 radical (unpaired) electrons. The van der Waals surface area contributed by atoms with Crippen molar-refractivity contribution in [3.63, 3.8) is 0 Å². The quantitative estimate of drug-likeness (QED) is 0.592. The zero-order valence-corrected chi connectivity index (χ0v) is 11.5. The van der Waals surface area contributed by atoms with Crippen molar-refractivity contribution in [2.24, 2.45) is 7.05 Å². The van der Waals surface area contributed by atoms with E-state index < -0.39 is 0 Å². The molecule has 0 unspecified atom stereocenters. The number of ketones is 1.